The molecule has 2 N–H and O–H groups in total. The van der Waals surface area contributed by atoms with E-state index in [2.05, 4.69) is 34.6 Å². The average molecular weight is 372 g/mol. The first kappa shape index (κ1) is 28.2. The number of rotatable bonds is 17. The number of nitrogens with zero attached hydrogens (tertiary/aromatic N) is 1. The molecule has 4 heteroatoms. The molecule has 0 saturated heterocycles. The summed E-state index contributed by atoms with van der Waals surface area (Å²) in [6.07, 6.45) is 16.0. The van der Waals surface area contributed by atoms with Gasteiger partial charge in [-0.1, -0.05) is 86.0 Å². The number of unbranched alkanes of at least 4 members (excludes halogenated alkanes) is 7. The van der Waals surface area contributed by atoms with Crippen LogP contribution in [-0.2, 0) is 0 Å². The molecule has 3 nitrogen and oxygen atoms in total. The Morgan fingerprint density at radius 2 is 0.846 bits per heavy atom. The van der Waals surface area contributed by atoms with E-state index < -0.39 is 7.12 Å². The van der Waals surface area contributed by atoms with E-state index in [9.17, 15) is 0 Å². The summed E-state index contributed by atoms with van der Waals surface area (Å²) in [4.78, 5) is 0. The van der Waals surface area contributed by atoms with Crippen molar-refractivity contribution in [1.29, 1.82) is 0 Å². The van der Waals surface area contributed by atoms with E-state index in [0.717, 1.165) is 12.8 Å². The topological polar surface area (TPSA) is 40.5 Å². The van der Waals surface area contributed by atoms with E-state index in [-0.39, 0.29) is 0 Å². The average Bonchev–Trinajstić information content (AvgIpc) is 2.64. The van der Waals surface area contributed by atoms with Gasteiger partial charge in [0.25, 0.3) is 0 Å². The van der Waals surface area contributed by atoms with Crippen LogP contribution in [0.3, 0.4) is 0 Å². The summed E-state index contributed by atoms with van der Waals surface area (Å²) < 4.78 is 1.42. The molecule has 0 aromatic rings. The molecule has 0 bridgehead atoms. The Bertz CT molecular complexity index is 225. The van der Waals surface area contributed by atoms with Crippen LogP contribution in [0.25, 0.3) is 0 Å². The largest absolute Gasteiger partial charge is 0.451 e. The second kappa shape index (κ2) is 21.2. The molecule has 0 aromatic heterocycles. The van der Waals surface area contributed by atoms with Gasteiger partial charge >= 0.3 is 7.12 Å². The van der Waals surface area contributed by atoms with E-state index in [1.165, 1.54) is 94.9 Å². The fraction of sp³-hybridized carbons (Fsp3) is 1.00. The van der Waals surface area contributed by atoms with Gasteiger partial charge in [0.05, 0.1) is 26.2 Å². The maximum atomic E-state index is 8.41. The molecule has 26 heavy (non-hydrogen) atoms. The molecular weight excluding hydrogens is 321 g/mol. The second-order valence-electron chi connectivity index (χ2n) is 7.98. The smallest absolute Gasteiger partial charge is 0.427 e. The molecule has 0 aliphatic rings. The maximum Gasteiger partial charge on any atom is 0.451 e. The minimum absolute atomic E-state index is 0.528. The van der Waals surface area contributed by atoms with Crippen LogP contribution in [0.1, 0.15) is 112 Å². The Morgan fingerprint density at radius 1 is 0.500 bits per heavy atom. The van der Waals surface area contributed by atoms with Crippen molar-refractivity contribution in [3.63, 3.8) is 0 Å². The van der Waals surface area contributed by atoms with E-state index in [1.54, 1.807) is 0 Å². The summed E-state index contributed by atoms with van der Waals surface area (Å²) in [5, 5.41) is 16.8. The minimum Gasteiger partial charge on any atom is -0.427 e. The molecule has 0 heterocycles. The van der Waals surface area contributed by atoms with Crippen molar-refractivity contribution < 1.29 is 14.5 Å². The first-order chi connectivity index (χ1) is 12.5. The van der Waals surface area contributed by atoms with Gasteiger partial charge in [0, 0.05) is 0 Å². The van der Waals surface area contributed by atoms with Crippen LogP contribution in [0.4, 0.5) is 0 Å². The predicted molar refractivity (Wildman–Crippen MR) is 119 cm³/mol. The lowest BCUT2D eigenvalue weighted by atomic mass is 9.83. The predicted octanol–water partition coefficient (Wildman–Crippen LogP) is 6.04. The molecule has 0 aliphatic heterocycles. The van der Waals surface area contributed by atoms with Gasteiger partial charge in [0.1, 0.15) is 0 Å². The van der Waals surface area contributed by atoms with Crippen LogP contribution in [0.15, 0.2) is 0 Å². The normalized spacial score (nSPS) is 11.2. The summed E-state index contributed by atoms with van der Waals surface area (Å²) in [7, 11) is -1.10. The van der Waals surface area contributed by atoms with Crippen molar-refractivity contribution in [3.05, 3.63) is 0 Å². The third kappa shape index (κ3) is 18.7. The summed E-state index contributed by atoms with van der Waals surface area (Å²) in [5.41, 5.74) is 0. The first-order valence-corrected chi connectivity index (χ1v) is 11.7. The third-order valence-corrected chi connectivity index (χ3v) is 5.26. The van der Waals surface area contributed by atoms with Gasteiger partial charge in [-0.2, -0.15) is 0 Å². The summed E-state index contributed by atoms with van der Waals surface area (Å²) in [6, 6.07) is 0. The van der Waals surface area contributed by atoms with Gasteiger partial charge in [0.15, 0.2) is 0 Å². The lowest BCUT2D eigenvalue weighted by Crippen LogP contribution is -2.50. The van der Waals surface area contributed by atoms with E-state index in [0.29, 0.717) is 6.32 Å². The van der Waals surface area contributed by atoms with Crippen LogP contribution in [0, 0.1) is 0 Å². The highest BCUT2D eigenvalue weighted by molar-refractivity contribution is 6.40. The van der Waals surface area contributed by atoms with Crippen LogP contribution < -0.4 is 0 Å². The van der Waals surface area contributed by atoms with Gasteiger partial charge in [0.2, 0.25) is 0 Å². The highest BCUT2D eigenvalue weighted by Crippen LogP contribution is 2.16. The third-order valence-electron chi connectivity index (χ3n) is 5.26. The van der Waals surface area contributed by atoms with Crippen molar-refractivity contribution in [2.45, 2.75) is 118 Å². The zero-order chi connectivity index (χ0) is 20.1. The molecule has 0 atom stereocenters. The maximum absolute atomic E-state index is 8.41. The van der Waals surface area contributed by atoms with Crippen molar-refractivity contribution in [3.8, 4) is 0 Å². The number of hydrogen-bond donors (Lipinski definition) is 2. The Labute approximate surface area is 166 Å². The lowest BCUT2D eigenvalue weighted by molar-refractivity contribution is -0.929. The summed E-state index contributed by atoms with van der Waals surface area (Å²) >= 11 is 0. The van der Waals surface area contributed by atoms with Crippen LogP contribution in [0.2, 0.25) is 6.32 Å². The summed E-state index contributed by atoms with van der Waals surface area (Å²) in [6.45, 7) is 17.2. The Morgan fingerprint density at radius 3 is 1.12 bits per heavy atom. The lowest BCUT2D eigenvalue weighted by Gasteiger charge is -2.39. The molecule has 0 rings (SSSR count). The quantitative estimate of drug-likeness (QED) is 0.186. The molecule has 0 saturated carbocycles. The highest BCUT2D eigenvalue weighted by atomic mass is 16.4. The number of hydrogen-bond acceptors (Lipinski definition) is 2. The monoisotopic (exact) mass is 372 g/mol. The van der Waals surface area contributed by atoms with Crippen LogP contribution in [-0.4, -0.2) is 47.8 Å². The van der Waals surface area contributed by atoms with Gasteiger partial charge in [-0.15, -0.1) is 0 Å². The molecule has 158 valence electrons. The molecule has 0 aromatic carbocycles. The van der Waals surface area contributed by atoms with Gasteiger partial charge in [-0.3, -0.25) is 0 Å². The van der Waals surface area contributed by atoms with Crippen LogP contribution >= 0.6 is 0 Å². The molecule has 0 spiro atoms. The van der Waals surface area contributed by atoms with Crippen molar-refractivity contribution >= 4 is 7.12 Å². The second-order valence-corrected chi connectivity index (χ2v) is 7.98. The Hall–Kier alpha value is -0.0551. The zero-order valence-electron chi connectivity index (χ0n) is 18.9. The number of quaternary nitrogens is 1. The fourth-order valence-corrected chi connectivity index (χ4v) is 3.40. The fourth-order valence-electron chi connectivity index (χ4n) is 3.40. The highest BCUT2D eigenvalue weighted by Gasteiger charge is 2.24. The first-order valence-electron chi connectivity index (χ1n) is 11.7. The van der Waals surface area contributed by atoms with E-state index >= 15 is 0 Å². The van der Waals surface area contributed by atoms with Gasteiger partial charge in [-0.25, -0.2) is 0 Å². The van der Waals surface area contributed by atoms with Gasteiger partial charge in [-0.05, 0) is 32.0 Å². The van der Waals surface area contributed by atoms with Crippen molar-refractivity contribution in [2.24, 2.45) is 0 Å². The molecule has 0 amide bonds. The zero-order valence-corrected chi connectivity index (χ0v) is 18.9. The van der Waals surface area contributed by atoms with Gasteiger partial charge < -0.3 is 14.5 Å². The van der Waals surface area contributed by atoms with Crippen LogP contribution in [0.5, 0.6) is 0 Å². The molecular formula is C22H51BNO2+. The van der Waals surface area contributed by atoms with E-state index in [1.807, 2.05) is 0 Å². The standard InChI is InChI=1S/C16H36N.C6H15BO2/c1-5-9-13-17(14-10-6-2,15-11-7-3)16-12-8-4;1-2-3-4-5-6-7(8)9/h5-16H2,1-4H3;8-9H,2-6H2,1H3/q+1;. The Balaban J connectivity index is 0. The van der Waals surface area contributed by atoms with E-state index in [4.69, 9.17) is 10.0 Å². The Kier molecular flexibility index (Phi) is 23.0. The molecule has 0 fully saturated rings. The minimum atomic E-state index is -1.10. The SMILES string of the molecule is CCCCCCB(O)O.CCCC[N+](CCCC)(CCCC)CCCC. The van der Waals surface area contributed by atoms with Crippen molar-refractivity contribution in [2.75, 3.05) is 26.2 Å². The van der Waals surface area contributed by atoms with Crippen molar-refractivity contribution in [1.82, 2.24) is 0 Å². The summed E-state index contributed by atoms with van der Waals surface area (Å²) in [5.74, 6) is 0. The molecule has 0 unspecified atom stereocenters. The molecule has 0 radical (unpaired) electrons. The molecule has 0 aliphatic carbocycles.